The van der Waals surface area contributed by atoms with Crippen LogP contribution in [0.1, 0.15) is 5.56 Å². The molecule has 0 atom stereocenters. The van der Waals surface area contributed by atoms with Crippen molar-refractivity contribution in [3.63, 3.8) is 0 Å². The van der Waals surface area contributed by atoms with E-state index in [2.05, 4.69) is 58.2 Å². The van der Waals surface area contributed by atoms with Gasteiger partial charge in [0.05, 0.1) is 0 Å². The summed E-state index contributed by atoms with van der Waals surface area (Å²) in [5, 5.41) is 1.21. The van der Waals surface area contributed by atoms with E-state index < -0.39 is 0 Å². The minimum Gasteiger partial charge on any atom is -0.332 e. The summed E-state index contributed by atoms with van der Waals surface area (Å²) in [6.45, 7) is 0.977. The van der Waals surface area contributed by atoms with Crippen LogP contribution in [0.25, 0.3) is 11.0 Å². The fraction of sp³-hybridized carbons (Fsp3) is 0.133. The number of hydrogen-bond acceptors (Lipinski definition) is 1. The highest BCUT2D eigenvalue weighted by Crippen LogP contribution is 2.13. The lowest BCUT2D eigenvalue weighted by atomic mass is 10.1. The second-order valence-corrected chi connectivity index (χ2v) is 4.16. The van der Waals surface area contributed by atoms with Crippen molar-refractivity contribution in [3.8, 4) is 0 Å². The SMILES string of the molecule is c1ccc(CCn2ccc3cccnc32)cc1. The lowest BCUT2D eigenvalue weighted by Crippen LogP contribution is -2.00. The molecule has 0 fully saturated rings. The topological polar surface area (TPSA) is 17.8 Å². The minimum atomic E-state index is 0.977. The normalized spacial score (nSPS) is 10.8. The average Bonchev–Trinajstić information content (AvgIpc) is 2.81. The molecule has 0 aliphatic rings. The smallest absolute Gasteiger partial charge is 0.139 e. The van der Waals surface area contributed by atoms with Gasteiger partial charge in [-0.3, -0.25) is 0 Å². The maximum absolute atomic E-state index is 4.42. The number of fused-ring (bicyclic) bond motifs is 1. The minimum absolute atomic E-state index is 0.977. The molecule has 0 saturated heterocycles. The molecule has 0 amide bonds. The van der Waals surface area contributed by atoms with Gasteiger partial charge in [0.25, 0.3) is 0 Å². The number of nitrogens with zero attached hydrogens (tertiary/aromatic N) is 2. The third-order valence-corrected chi connectivity index (χ3v) is 3.01. The van der Waals surface area contributed by atoms with Crippen molar-refractivity contribution in [2.75, 3.05) is 0 Å². The summed E-state index contributed by atoms with van der Waals surface area (Å²) in [5.74, 6) is 0. The zero-order valence-electron chi connectivity index (χ0n) is 9.58. The first kappa shape index (κ1) is 10.1. The van der Waals surface area contributed by atoms with Gasteiger partial charge in [0.2, 0.25) is 0 Å². The average molecular weight is 222 g/mol. The molecule has 2 nitrogen and oxygen atoms in total. The predicted octanol–water partition coefficient (Wildman–Crippen LogP) is 3.28. The van der Waals surface area contributed by atoms with Crippen molar-refractivity contribution < 1.29 is 0 Å². The molecular formula is C15H14N2. The van der Waals surface area contributed by atoms with Crippen molar-refractivity contribution in [1.82, 2.24) is 9.55 Å². The maximum Gasteiger partial charge on any atom is 0.139 e. The van der Waals surface area contributed by atoms with Gasteiger partial charge in [0.15, 0.2) is 0 Å². The first-order chi connectivity index (χ1) is 8.43. The van der Waals surface area contributed by atoms with Gasteiger partial charge in [-0.1, -0.05) is 30.3 Å². The van der Waals surface area contributed by atoms with Gasteiger partial charge in [-0.25, -0.2) is 4.98 Å². The molecule has 0 aliphatic carbocycles. The number of benzene rings is 1. The summed E-state index contributed by atoms with van der Waals surface area (Å²) in [7, 11) is 0. The van der Waals surface area contributed by atoms with Gasteiger partial charge >= 0.3 is 0 Å². The van der Waals surface area contributed by atoms with Gasteiger partial charge < -0.3 is 4.57 Å². The molecule has 3 aromatic rings. The quantitative estimate of drug-likeness (QED) is 0.665. The molecule has 0 radical (unpaired) electrons. The van der Waals surface area contributed by atoms with E-state index >= 15 is 0 Å². The first-order valence-electron chi connectivity index (χ1n) is 5.87. The molecule has 0 unspecified atom stereocenters. The summed E-state index contributed by atoms with van der Waals surface area (Å²) in [6.07, 6.45) is 5.00. The van der Waals surface area contributed by atoms with Gasteiger partial charge in [-0.15, -0.1) is 0 Å². The number of hydrogen-bond donors (Lipinski definition) is 0. The van der Waals surface area contributed by atoms with Gasteiger partial charge in [-0.05, 0) is 30.2 Å². The van der Waals surface area contributed by atoms with Crippen LogP contribution < -0.4 is 0 Å². The lowest BCUT2D eigenvalue weighted by molar-refractivity contribution is 0.716. The Labute approximate surface area is 101 Å². The van der Waals surface area contributed by atoms with E-state index in [4.69, 9.17) is 0 Å². The number of aryl methyl sites for hydroxylation is 2. The van der Waals surface area contributed by atoms with E-state index in [9.17, 15) is 0 Å². The van der Waals surface area contributed by atoms with E-state index in [1.54, 1.807) is 0 Å². The van der Waals surface area contributed by atoms with Crippen LogP contribution in [0.15, 0.2) is 60.9 Å². The van der Waals surface area contributed by atoms with Crippen LogP contribution in [0.5, 0.6) is 0 Å². The van der Waals surface area contributed by atoms with E-state index in [1.807, 2.05) is 12.3 Å². The molecule has 0 saturated carbocycles. The Morgan fingerprint density at radius 1 is 0.941 bits per heavy atom. The summed E-state index contributed by atoms with van der Waals surface area (Å²) in [4.78, 5) is 4.42. The molecule has 0 N–H and O–H groups in total. The Morgan fingerprint density at radius 2 is 1.82 bits per heavy atom. The Balaban J connectivity index is 1.82. The molecule has 2 heterocycles. The largest absolute Gasteiger partial charge is 0.332 e. The van der Waals surface area contributed by atoms with Crippen LogP contribution in [0.3, 0.4) is 0 Å². The van der Waals surface area contributed by atoms with Gasteiger partial charge in [-0.2, -0.15) is 0 Å². The maximum atomic E-state index is 4.42. The van der Waals surface area contributed by atoms with Crippen LogP contribution in [0.2, 0.25) is 0 Å². The summed E-state index contributed by atoms with van der Waals surface area (Å²) in [5.41, 5.74) is 2.44. The molecule has 0 spiro atoms. The van der Waals surface area contributed by atoms with Crippen molar-refractivity contribution in [2.24, 2.45) is 0 Å². The molecule has 0 aliphatic heterocycles. The third-order valence-electron chi connectivity index (χ3n) is 3.01. The standard InChI is InChI=1S/C15H14N2/c1-2-5-13(6-3-1)8-11-17-12-9-14-7-4-10-16-15(14)17/h1-7,9-10,12H,8,11H2. The number of aromatic nitrogens is 2. The Morgan fingerprint density at radius 3 is 2.71 bits per heavy atom. The Hall–Kier alpha value is -2.09. The van der Waals surface area contributed by atoms with E-state index in [1.165, 1.54) is 10.9 Å². The summed E-state index contributed by atoms with van der Waals surface area (Å²) >= 11 is 0. The highest BCUT2D eigenvalue weighted by molar-refractivity contribution is 5.75. The zero-order chi connectivity index (χ0) is 11.5. The molecule has 2 aromatic heterocycles. The second kappa shape index (κ2) is 4.42. The number of pyridine rings is 1. The monoisotopic (exact) mass is 222 g/mol. The molecule has 84 valence electrons. The third kappa shape index (κ3) is 2.07. The fourth-order valence-electron chi connectivity index (χ4n) is 2.10. The molecule has 3 rings (SSSR count). The Kier molecular flexibility index (Phi) is 2.62. The number of rotatable bonds is 3. The van der Waals surface area contributed by atoms with E-state index in [0.29, 0.717) is 0 Å². The summed E-state index contributed by atoms with van der Waals surface area (Å²) in [6, 6.07) is 16.7. The van der Waals surface area contributed by atoms with Crippen molar-refractivity contribution in [2.45, 2.75) is 13.0 Å². The Bertz CT molecular complexity index is 611. The van der Waals surface area contributed by atoms with E-state index in [-0.39, 0.29) is 0 Å². The highest BCUT2D eigenvalue weighted by atomic mass is 15.0. The van der Waals surface area contributed by atoms with Crippen LogP contribution in [0.4, 0.5) is 0 Å². The van der Waals surface area contributed by atoms with Crippen molar-refractivity contribution >= 4 is 11.0 Å². The van der Waals surface area contributed by atoms with Crippen LogP contribution in [-0.4, -0.2) is 9.55 Å². The molecule has 17 heavy (non-hydrogen) atoms. The fourth-order valence-corrected chi connectivity index (χ4v) is 2.10. The van der Waals surface area contributed by atoms with E-state index in [0.717, 1.165) is 18.6 Å². The predicted molar refractivity (Wildman–Crippen MR) is 69.9 cm³/mol. The van der Waals surface area contributed by atoms with Crippen LogP contribution in [-0.2, 0) is 13.0 Å². The molecule has 2 heteroatoms. The highest BCUT2D eigenvalue weighted by Gasteiger charge is 2.01. The van der Waals surface area contributed by atoms with Gasteiger partial charge in [0, 0.05) is 24.3 Å². The molecule has 1 aromatic carbocycles. The first-order valence-corrected chi connectivity index (χ1v) is 5.87. The van der Waals surface area contributed by atoms with Crippen molar-refractivity contribution in [1.29, 1.82) is 0 Å². The van der Waals surface area contributed by atoms with Crippen LogP contribution in [0, 0.1) is 0 Å². The van der Waals surface area contributed by atoms with Crippen molar-refractivity contribution in [3.05, 3.63) is 66.5 Å². The lowest BCUT2D eigenvalue weighted by Gasteiger charge is -2.04. The van der Waals surface area contributed by atoms with Gasteiger partial charge in [0.1, 0.15) is 5.65 Å². The summed E-state index contributed by atoms with van der Waals surface area (Å²) < 4.78 is 2.21. The zero-order valence-corrected chi connectivity index (χ0v) is 9.58. The molecule has 0 bridgehead atoms. The second-order valence-electron chi connectivity index (χ2n) is 4.16. The van der Waals surface area contributed by atoms with Crippen LogP contribution >= 0.6 is 0 Å². The molecular weight excluding hydrogens is 208 g/mol.